The van der Waals surface area contributed by atoms with Crippen LogP contribution in [0.25, 0.3) is 0 Å². The SMILES string of the molecule is C/C=C/CCc1ccc(C2CCC(C3CCC4CC(C)CCC4C3)CC2)c(F)c1. The van der Waals surface area contributed by atoms with Crippen molar-refractivity contribution in [1.82, 2.24) is 0 Å². The Labute approximate surface area is 178 Å². The number of halogens is 1. The normalized spacial score (nSPS) is 35.6. The lowest BCUT2D eigenvalue weighted by atomic mass is 9.61. The van der Waals surface area contributed by atoms with Crippen molar-refractivity contribution in [3.63, 3.8) is 0 Å². The second-order valence-corrected chi connectivity index (χ2v) is 10.6. The van der Waals surface area contributed by atoms with Gasteiger partial charge in [0.15, 0.2) is 0 Å². The number of benzene rings is 1. The summed E-state index contributed by atoms with van der Waals surface area (Å²) in [6.07, 6.45) is 20.1. The van der Waals surface area contributed by atoms with E-state index < -0.39 is 0 Å². The molecule has 4 atom stereocenters. The molecule has 0 saturated heterocycles. The van der Waals surface area contributed by atoms with Crippen molar-refractivity contribution in [2.45, 2.75) is 96.8 Å². The smallest absolute Gasteiger partial charge is 0.126 e. The molecule has 160 valence electrons. The van der Waals surface area contributed by atoms with Gasteiger partial charge in [-0.1, -0.05) is 37.6 Å². The predicted molar refractivity (Wildman–Crippen MR) is 122 cm³/mol. The summed E-state index contributed by atoms with van der Waals surface area (Å²) in [6.45, 7) is 4.50. The summed E-state index contributed by atoms with van der Waals surface area (Å²) >= 11 is 0. The maximum absolute atomic E-state index is 14.8. The van der Waals surface area contributed by atoms with Crippen LogP contribution in [0.4, 0.5) is 4.39 Å². The fourth-order valence-electron chi connectivity index (χ4n) is 6.96. The third kappa shape index (κ3) is 5.15. The maximum Gasteiger partial charge on any atom is 0.126 e. The van der Waals surface area contributed by atoms with E-state index in [4.69, 9.17) is 0 Å². The van der Waals surface area contributed by atoms with Crippen molar-refractivity contribution in [2.24, 2.45) is 29.6 Å². The third-order valence-corrected chi connectivity index (χ3v) is 8.69. The van der Waals surface area contributed by atoms with Crippen LogP contribution in [0.2, 0.25) is 0 Å². The number of rotatable bonds is 5. The first kappa shape index (κ1) is 21.1. The van der Waals surface area contributed by atoms with Gasteiger partial charge in [-0.25, -0.2) is 4.39 Å². The lowest BCUT2D eigenvalue weighted by Gasteiger charge is -2.45. The number of aryl methyl sites for hydroxylation is 1. The molecule has 1 heteroatoms. The molecule has 0 aliphatic heterocycles. The molecule has 3 fully saturated rings. The minimum absolute atomic E-state index is 0.0447. The van der Waals surface area contributed by atoms with Crippen LogP contribution in [0.3, 0.4) is 0 Å². The highest BCUT2D eigenvalue weighted by Crippen LogP contribution is 2.49. The molecule has 1 aromatic carbocycles. The molecule has 0 amide bonds. The average Bonchev–Trinajstić information content (AvgIpc) is 2.74. The highest BCUT2D eigenvalue weighted by molar-refractivity contribution is 5.28. The van der Waals surface area contributed by atoms with Gasteiger partial charge in [-0.3, -0.25) is 0 Å². The van der Waals surface area contributed by atoms with Crippen LogP contribution in [0.5, 0.6) is 0 Å². The van der Waals surface area contributed by atoms with Crippen molar-refractivity contribution in [2.75, 3.05) is 0 Å². The summed E-state index contributed by atoms with van der Waals surface area (Å²) in [7, 11) is 0. The van der Waals surface area contributed by atoms with E-state index in [0.717, 1.165) is 53.6 Å². The zero-order chi connectivity index (χ0) is 20.2. The van der Waals surface area contributed by atoms with Crippen molar-refractivity contribution < 1.29 is 4.39 Å². The molecule has 1 aromatic rings. The molecule has 0 N–H and O–H groups in total. The van der Waals surface area contributed by atoms with Gasteiger partial charge in [-0.05, 0) is 130 Å². The van der Waals surface area contributed by atoms with Gasteiger partial charge in [0.2, 0.25) is 0 Å². The van der Waals surface area contributed by atoms with E-state index in [1.54, 1.807) is 6.07 Å². The topological polar surface area (TPSA) is 0 Å². The monoisotopic (exact) mass is 396 g/mol. The molecule has 3 saturated carbocycles. The molecule has 3 aliphatic rings. The Balaban J connectivity index is 1.29. The first-order valence-corrected chi connectivity index (χ1v) is 12.5. The molecule has 0 aromatic heterocycles. The summed E-state index contributed by atoms with van der Waals surface area (Å²) in [4.78, 5) is 0. The molecule has 0 heterocycles. The Kier molecular flexibility index (Phi) is 7.14. The number of allylic oxidation sites excluding steroid dienone is 2. The van der Waals surface area contributed by atoms with Crippen molar-refractivity contribution in [3.05, 3.63) is 47.3 Å². The Hall–Kier alpha value is -1.11. The number of hydrogen-bond acceptors (Lipinski definition) is 0. The van der Waals surface area contributed by atoms with Crippen LogP contribution in [0, 0.1) is 35.4 Å². The predicted octanol–water partition coefficient (Wildman–Crippen LogP) is 8.46. The van der Waals surface area contributed by atoms with E-state index in [1.807, 2.05) is 6.92 Å². The van der Waals surface area contributed by atoms with Crippen molar-refractivity contribution in [1.29, 1.82) is 0 Å². The Bertz CT molecular complexity index is 682. The van der Waals surface area contributed by atoms with Gasteiger partial charge >= 0.3 is 0 Å². The first-order valence-electron chi connectivity index (χ1n) is 12.5. The van der Waals surface area contributed by atoms with Gasteiger partial charge in [-0.2, -0.15) is 0 Å². The third-order valence-electron chi connectivity index (χ3n) is 8.69. The van der Waals surface area contributed by atoms with Crippen LogP contribution in [0.15, 0.2) is 30.4 Å². The van der Waals surface area contributed by atoms with Crippen molar-refractivity contribution in [3.8, 4) is 0 Å². The van der Waals surface area contributed by atoms with Crippen LogP contribution in [-0.2, 0) is 6.42 Å². The average molecular weight is 397 g/mol. The van der Waals surface area contributed by atoms with Gasteiger partial charge in [0.05, 0.1) is 0 Å². The van der Waals surface area contributed by atoms with E-state index >= 15 is 0 Å². The second kappa shape index (κ2) is 9.80. The quantitative estimate of drug-likeness (QED) is 0.438. The molecular formula is C28H41F. The minimum atomic E-state index is 0.0447. The molecule has 0 nitrogen and oxygen atoms in total. The summed E-state index contributed by atoms with van der Waals surface area (Å²) in [6, 6.07) is 6.06. The van der Waals surface area contributed by atoms with Crippen LogP contribution >= 0.6 is 0 Å². The summed E-state index contributed by atoms with van der Waals surface area (Å²) in [5, 5.41) is 0. The van der Waals surface area contributed by atoms with Crippen LogP contribution in [0.1, 0.15) is 102 Å². The Morgan fingerprint density at radius 3 is 2.24 bits per heavy atom. The highest BCUT2D eigenvalue weighted by Gasteiger charge is 2.38. The van der Waals surface area contributed by atoms with Crippen LogP contribution < -0.4 is 0 Å². The van der Waals surface area contributed by atoms with E-state index in [1.165, 1.54) is 64.2 Å². The fraction of sp³-hybridized carbons (Fsp3) is 0.714. The standard InChI is InChI=1S/C28H41F/c1-3-4-5-6-21-8-16-27(28(29)18-21)23-12-10-22(11-13-23)25-15-14-24-17-20(2)7-9-26(24)19-25/h3-4,8,16,18,20,22-26H,5-7,9-15,17,19H2,1-2H3/b4-3+. The largest absolute Gasteiger partial charge is 0.207 e. The molecule has 29 heavy (non-hydrogen) atoms. The summed E-state index contributed by atoms with van der Waals surface area (Å²) in [5.74, 6) is 5.39. The van der Waals surface area contributed by atoms with E-state index in [-0.39, 0.29) is 5.82 Å². The number of hydrogen-bond donors (Lipinski definition) is 0. The fourth-order valence-corrected chi connectivity index (χ4v) is 6.96. The molecule has 4 rings (SSSR count). The molecule has 3 aliphatic carbocycles. The molecule has 4 unspecified atom stereocenters. The lowest BCUT2D eigenvalue weighted by molar-refractivity contribution is 0.0671. The zero-order valence-corrected chi connectivity index (χ0v) is 18.7. The van der Waals surface area contributed by atoms with Gasteiger partial charge in [0, 0.05) is 0 Å². The van der Waals surface area contributed by atoms with Crippen molar-refractivity contribution >= 4 is 0 Å². The lowest BCUT2D eigenvalue weighted by Crippen LogP contribution is -2.34. The Morgan fingerprint density at radius 2 is 1.52 bits per heavy atom. The molecule has 0 bridgehead atoms. The highest BCUT2D eigenvalue weighted by atomic mass is 19.1. The zero-order valence-electron chi connectivity index (χ0n) is 18.7. The second-order valence-electron chi connectivity index (χ2n) is 10.6. The van der Waals surface area contributed by atoms with Gasteiger partial charge in [-0.15, -0.1) is 0 Å². The molecule has 0 spiro atoms. The van der Waals surface area contributed by atoms with E-state index in [0.29, 0.717) is 5.92 Å². The van der Waals surface area contributed by atoms with E-state index in [9.17, 15) is 4.39 Å². The first-order chi connectivity index (χ1) is 14.1. The number of fused-ring (bicyclic) bond motifs is 1. The maximum atomic E-state index is 14.8. The minimum Gasteiger partial charge on any atom is -0.207 e. The summed E-state index contributed by atoms with van der Waals surface area (Å²) in [5.41, 5.74) is 2.12. The summed E-state index contributed by atoms with van der Waals surface area (Å²) < 4.78 is 14.8. The van der Waals surface area contributed by atoms with Gasteiger partial charge in [0.25, 0.3) is 0 Å². The van der Waals surface area contributed by atoms with Crippen LogP contribution in [-0.4, -0.2) is 0 Å². The Morgan fingerprint density at radius 1 is 0.862 bits per heavy atom. The van der Waals surface area contributed by atoms with Gasteiger partial charge < -0.3 is 0 Å². The van der Waals surface area contributed by atoms with Gasteiger partial charge in [0.1, 0.15) is 5.82 Å². The van der Waals surface area contributed by atoms with E-state index in [2.05, 4.69) is 31.2 Å². The molecule has 0 radical (unpaired) electrons. The molecular weight excluding hydrogens is 355 g/mol.